The highest BCUT2D eigenvalue weighted by atomic mass is 32.2. The fourth-order valence-corrected chi connectivity index (χ4v) is 2.75. The fourth-order valence-electron chi connectivity index (χ4n) is 2.07. The van der Waals surface area contributed by atoms with E-state index < -0.39 is 10.2 Å². The van der Waals surface area contributed by atoms with E-state index in [-0.39, 0.29) is 16.8 Å². The molecule has 0 aliphatic rings. The molecule has 0 saturated carbocycles. The van der Waals surface area contributed by atoms with E-state index in [1.165, 1.54) is 24.3 Å². The van der Waals surface area contributed by atoms with Crippen LogP contribution in [0.2, 0.25) is 0 Å². The summed E-state index contributed by atoms with van der Waals surface area (Å²) in [6, 6.07) is 15.0. The van der Waals surface area contributed by atoms with Crippen LogP contribution in [-0.2, 0) is 4.79 Å². The summed E-state index contributed by atoms with van der Waals surface area (Å²) in [4.78, 5) is 22.4. The Morgan fingerprint density at radius 2 is 1.85 bits per heavy atom. The van der Waals surface area contributed by atoms with Gasteiger partial charge >= 0.3 is 0 Å². The maximum atomic E-state index is 12.3. The number of non-ortho nitro benzene ring substituents is 1. The van der Waals surface area contributed by atoms with Crippen LogP contribution in [0.4, 0.5) is 11.4 Å². The third-order valence-electron chi connectivity index (χ3n) is 3.42. The molecule has 0 aliphatic carbocycles. The zero-order chi connectivity index (χ0) is 18.5. The second kappa shape index (κ2) is 7.79. The Morgan fingerprint density at radius 3 is 2.50 bits per heavy atom. The Hall–Kier alpha value is -3.20. The van der Waals surface area contributed by atoms with Gasteiger partial charge in [-0.1, -0.05) is 30.0 Å². The number of nitro groups is 1. The zero-order valence-electron chi connectivity index (χ0n) is 13.7. The number of carbonyl (C=O) groups is 1. The van der Waals surface area contributed by atoms with Crippen LogP contribution in [0, 0.1) is 10.1 Å². The largest absolute Gasteiger partial charge is 0.411 e. The normalized spacial score (nSPS) is 11.7. The molecule has 8 nitrogen and oxygen atoms in total. The lowest BCUT2D eigenvalue weighted by Gasteiger charge is -2.09. The van der Waals surface area contributed by atoms with Crippen LogP contribution >= 0.6 is 11.8 Å². The molecule has 2 aromatic carbocycles. The molecule has 0 fully saturated rings. The maximum absolute atomic E-state index is 12.3. The van der Waals surface area contributed by atoms with Crippen molar-refractivity contribution in [2.75, 3.05) is 5.32 Å². The minimum atomic E-state index is -0.496. The number of anilines is 1. The molecule has 3 rings (SSSR count). The van der Waals surface area contributed by atoms with E-state index in [0.29, 0.717) is 11.6 Å². The number of nitro benzene ring substituents is 1. The van der Waals surface area contributed by atoms with E-state index in [0.717, 1.165) is 17.3 Å². The molecular weight excluding hydrogens is 356 g/mol. The fraction of sp³-hybridized carbons (Fsp3) is 0.118. The van der Waals surface area contributed by atoms with Crippen molar-refractivity contribution in [3.05, 3.63) is 64.7 Å². The van der Waals surface area contributed by atoms with Gasteiger partial charge in [0.1, 0.15) is 0 Å². The summed E-state index contributed by atoms with van der Waals surface area (Å²) in [5, 5.41) is 21.1. The van der Waals surface area contributed by atoms with Crippen LogP contribution in [0.1, 0.15) is 6.92 Å². The summed E-state index contributed by atoms with van der Waals surface area (Å²) in [6.07, 6.45) is 0. The summed E-state index contributed by atoms with van der Waals surface area (Å²) in [6.45, 7) is 1.71. The number of nitrogens with zero attached hydrogens (tertiary/aromatic N) is 3. The summed E-state index contributed by atoms with van der Waals surface area (Å²) >= 11 is 1.13. The molecule has 0 radical (unpaired) electrons. The van der Waals surface area contributed by atoms with Gasteiger partial charge in [-0.25, -0.2) is 0 Å². The Kier molecular flexibility index (Phi) is 5.28. The summed E-state index contributed by atoms with van der Waals surface area (Å²) in [7, 11) is 0. The first-order valence-corrected chi connectivity index (χ1v) is 8.52. The minimum Gasteiger partial charge on any atom is -0.411 e. The van der Waals surface area contributed by atoms with Crippen molar-refractivity contribution in [2.45, 2.75) is 17.4 Å². The Morgan fingerprint density at radius 1 is 1.15 bits per heavy atom. The average Bonchev–Trinajstić information content (AvgIpc) is 3.11. The molecule has 1 atom stereocenters. The number of hydrogen-bond donors (Lipinski definition) is 1. The van der Waals surface area contributed by atoms with Gasteiger partial charge in [0.05, 0.1) is 10.2 Å². The van der Waals surface area contributed by atoms with Crippen molar-refractivity contribution in [3.63, 3.8) is 0 Å². The molecule has 1 aromatic heterocycles. The second-order valence-electron chi connectivity index (χ2n) is 5.29. The first kappa shape index (κ1) is 17.6. The van der Waals surface area contributed by atoms with Crippen molar-refractivity contribution < 1.29 is 14.1 Å². The van der Waals surface area contributed by atoms with E-state index in [2.05, 4.69) is 15.5 Å². The Bertz CT molecular complexity index is 912. The maximum Gasteiger partial charge on any atom is 0.277 e. The predicted molar refractivity (Wildman–Crippen MR) is 96.8 cm³/mol. The van der Waals surface area contributed by atoms with E-state index >= 15 is 0 Å². The molecular formula is C17H14N4O4S. The number of carbonyl (C=O) groups excluding carboxylic acids is 1. The Labute approximate surface area is 152 Å². The average molecular weight is 370 g/mol. The van der Waals surface area contributed by atoms with Gasteiger partial charge in [-0.05, 0) is 31.2 Å². The van der Waals surface area contributed by atoms with Crippen LogP contribution in [-0.4, -0.2) is 26.3 Å². The lowest BCUT2D eigenvalue weighted by atomic mass is 10.2. The molecule has 132 valence electrons. The first-order chi connectivity index (χ1) is 12.5. The third kappa shape index (κ3) is 4.25. The quantitative estimate of drug-likeness (QED) is 0.399. The first-order valence-electron chi connectivity index (χ1n) is 7.64. The predicted octanol–water partition coefficient (Wildman–Crippen LogP) is 3.76. The van der Waals surface area contributed by atoms with Gasteiger partial charge in [0.2, 0.25) is 11.8 Å². The highest BCUT2D eigenvalue weighted by molar-refractivity contribution is 8.00. The van der Waals surface area contributed by atoms with Gasteiger partial charge in [-0.3, -0.25) is 14.9 Å². The molecule has 1 heterocycles. The molecule has 0 saturated heterocycles. The smallest absolute Gasteiger partial charge is 0.277 e. The van der Waals surface area contributed by atoms with Crippen molar-refractivity contribution in [2.24, 2.45) is 0 Å². The summed E-state index contributed by atoms with van der Waals surface area (Å²) in [5.41, 5.74) is 1.24. The monoisotopic (exact) mass is 370 g/mol. The molecule has 1 amide bonds. The number of thioether (sulfide) groups is 1. The highest BCUT2D eigenvalue weighted by Gasteiger charge is 2.19. The van der Waals surface area contributed by atoms with Crippen LogP contribution in [0.5, 0.6) is 0 Å². The topological polar surface area (TPSA) is 111 Å². The van der Waals surface area contributed by atoms with Gasteiger partial charge in [-0.15, -0.1) is 10.2 Å². The highest BCUT2D eigenvalue weighted by Crippen LogP contribution is 2.26. The number of amides is 1. The molecule has 1 N–H and O–H groups in total. The number of hydrogen-bond acceptors (Lipinski definition) is 7. The molecule has 0 spiro atoms. The number of rotatable bonds is 6. The summed E-state index contributed by atoms with van der Waals surface area (Å²) in [5.74, 6) is 0.111. The van der Waals surface area contributed by atoms with Crippen molar-refractivity contribution in [1.29, 1.82) is 0 Å². The molecule has 26 heavy (non-hydrogen) atoms. The second-order valence-corrected chi connectivity index (χ2v) is 6.58. The standard InChI is InChI=1S/C17H14N4O4S/c1-11(15(22)18-13-7-9-14(10-8-13)21(23)24)26-17-20-19-16(25-17)12-5-3-2-4-6-12/h2-11H,1H3,(H,18,22)/t11-/m0/s1. The lowest BCUT2D eigenvalue weighted by molar-refractivity contribution is -0.384. The molecule has 0 bridgehead atoms. The summed E-state index contributed by atoms with van der Waals surface area (Å²) < 4.78 is 5.57. The van der Waals surface area contributed by atoms with Crippen LogP contribution in [0.3, 0.4) is 0 Å². The molecule has 0 unspecified atom stereocenters. The lowest BCUT2D eigenvalue weighted by Crippen LogP contribution is -2.22. The number of nitrogens with one attached hydrogen (secondary N) is 1. The minimum absolute atomic E-state index is 0.0373. The van der Waals surface area contributed by atoms with Crippen molar-refractivity contribution >= 4 is 29.0 Å². The number of aromatic nitrogens is 2. The van der Waals surface area contributed by atoms with E-state index in [4.69, 9.17) is 4.42 Å². The molecule has 3 aromatic rings. The zero-order valence-corrected chi connectivity index (χ0v) is 14.5. The van der Waals surface area contributed by atoms with Gasteiger partial charge < -0.3 is 9.73 Å². The van der Waals surface area contributed by atoms with Gasteiger partial charge in [0.15, 0.2) is 0 Å². The van der Waals surface area contributed by atoms with Crippen molar-refractivity contribution in [3.8, 4) is 11.5 Å². The van der Waals surface area contributed by atoms with Gasteiger partial charge in [0, 0.05) is 23.4 Å². The van der Waals surface area contributed by atoms with E-state index in [1.54, 1.807) is 6.92 Å². The molecule has 0 aliphatic heterocycles. The van der Waals surface area contributed by atoms with E-state index in [9.17, 15) is 14.9 Å². The van der Waals surface area contributed by atoms with Crippen LogP contribution in [0.15, 0.2) is 64.2 Å². The van der Waals surface area contributed by atoms with Crippen LogP contribution < -0.4 is 5.32 Å². The van der Waals surface area contributed by atoms with Gasteiger partial charge in [-0.2, -0.15) is 0 Å². The van der Waals surface area contributed by atoms with Gasteiger partial charge in [0.25, 0.3) is 10.9 Å². The Balaban J connectivity index is 1.61. The number of benzene rings is 2. The molecule has 9 heteroatoms. The van der Waals surface area contributed by atoms with E-state index in [1.807, 2.05) is 30.3 Å². The van der Waals surface area contributed by atoms with Crippen molar-refractivity contribution in [1.82, 2.24) is 10.2 Å². The van der Waals surface area contributed by atoms with Crippen LogP contribution in [0.25, 0.3) is 11.5 Å². The SMILES string of the molecule is C[C@H](Sc1nnc(-c2ccccc2)o1)C(=O)Nc1ccc([N+](=O)[O-])cc1. The third-order valence-corrected chi connectivity index (χ3v) is 4.35.